The molecule has 1 saturated carbocycles. The van der Waals surface area contributed by atoms with Crippen LogP contribution in [0.1, 0.15) is 46.0 Å². The van der Waals surface area contributed by atoms with Crippen LogP contribution >= 0.6 is 24.0 Å². The quantitative estimate of drug-likeness (QED) is 0.370. The number of rotatable bonds is 6. The average Bonchev–Trinajstić information content (AvgIpc) is 3.02. The van der Waals surface area contributed by atoms with Crippen molar-refractivity contribution in [1.82, 2.24) is 20.4 Å². The van der Waals surface area contributed by atoms with Crippen molar-refractivity contribution in [3.63, 3.8) is 0 Å². The van der Waals surface area contributed by atoms with Gasteiger partial charge in [0.25, 0.3) is 0 Å². The van der Waals surface area contributed by atoms with Gasteiger partial charge in [-0.05, 0) is 45.7 Å². The molecule has 5 nitrogen and oxygen atoms in total. The first-order valence-electron chi connectivity index (χ1n) is 9.49. The Morgan fingerprint density at radius 2 is 1.83 bits per heavy atom. The van der Waals surface area contributed by atoms with Crippen LogP contribution in [0.25, 0.3) is 0 Å². The minimum atomic E-state index is 0. The lowest BCUT2D eigenvalue weighted by Gasteiger charge is -2.38. The number of guanidine groups is 1. The van der Waals surface area contributed by atoms with Gasteiger partial charge in [0.2, 0.25) is 0 Å². The number of hydrogen-bond donors (Lipinski definition) is 2. The Labute approximate surface area is 166 Å². The van der Waals surface area contributed by atoms with Crippen LogP contribution < -0.4 is 10.6 Å². The molecule has 2 N–H and O–H groups in total. The van der Waals surface area contributed by atoms with Crippen molar-refractivity contribution in [3.05, 3.63) is 0 Å². The van der Waals surface area contributed by atoms with Crippen molar-refractivity contribution < 1.29 is 0 Å². The fourth-order valence-corrected chi connectivity index (χ4v) is 3.87. The molecule has 1 unspecified atom stereocenters. The summed E-state index contributed by atoms with van der Waals surface area (Å²) in [6.07, 6.45) is 6.72. The molecule has 1 heterocycles. The van der Waals surface area contributed by atoms with Crippen LogP contribution in [0.2, 0.25) is 0 Å². The molecule has 1 aliphatic heterocycles. The van der Waals surface area contributed by atoms with Gasteiger partial charge in [0.1, 0.15) is 0 Å². The van der Waals surface area contributed by atoms with Gasteiger partial charge in [0.05, 0.1) is 0 Å². The summed E-state index contributed by atoms with van der Waals surface area (Å²) < 4.78 is 0. The zero-order chi connectivity index (χ0) is 16.7. The minimum Gasteiger partial charge on any atom is -0.357 e. The van der Waals surface area contributed by atoms with Gasteiger partial charge in [-0.2, -0.15) is 0 Å². The summed E-state index contributed by atoms with van der Waals surface area (Å²) in [6, 6.07) is 0.559. The topological polar surface area (TPSA) is 42.9 Å². The molecule has 0 amide bonds. The first-order chi connectivity index (χ1) is 11.1. The Hall–Kier alpha value is -0.0800. The molecule has 0 bridgehead atoms. The maximum Gasteiger partial charge on any atom is 0.191 e. The van der Waals surface area contributed by atoms with Gasteiger partial charge in [-0.1, -0.05) is 19.8 Å². The number of halogens is 1. The standard InChI is InChI=1S/C18H37N5.HI/c1-5-18(9-7-8-10-18)15-21-17(19-6-2)20-13-16-14-22(3)11-12-23(16)4;/h16H,5-15H2,1-4H3,(H2,19,20,21);1H. The van der Waals surface area contributed by atoms with Crippen LogP contribution in [0.3, 0.4) is 0 Å². The van der Waals surface area contributed by atoms with Gasteiger partial charge >= 0.3 is 0 Å². The van der Waals surface area contributed by atoms with E-state index in [0.29, 0.717) is 11.5 Å². The monoisotopic (exact) mass is 451 g/mol. The lowest BCUT2D eigenvalue weighted by molar-refractivity contribution is 0.116. The predicted octanol–water partition coefficient (Wildman–Crippen LogP) is 2.38. The predicted molar refractivity (Wildman–Crippen MR) is 115 cm³/mol. The molecule has 1 aliphatic carbocycles. The van der Waals surface area contributed by atoms with Gasteiger partial charge in [-0.3, -0.25) is 9.89 Å². The molecule has 0 radical (unpaired) electrons. The van der Waals surface area contributed by atoms with E-state index in [1.165, 1.54) is 38.6 Å². The molecule has 142 valence electrons. The fourth-order valence-electron chi connectivity index (χ4n) is 3.87. The molecular weight excluding hydrogens is 413 g/mol. The zero-order valence-electron chi connectivity index (χ0n) is 16.1. The third-order valence-corrected chi connectivity index (χ3v) is 5.82. The van der Waals surface area contributed by atoms with Crippen molar-refractivity contribution >= 4 is 29.9 Å². The number of piperazine rings is 1. The summed E-state index contributed by atoms with van der Waals surface area (Å²) in [6.45, 7) is 10.8. The Morgan fingerprint density at radius 1 is 1.12 bits per heavy atom. The van der Waals surface area contributed by atoms with E-state index in [9.17, 15) is 0 Å². The van der Waals surface area contributed by atoms with E-state index in [2.05, 4.69) is 48.4 Å². The highest BCUT2D eigenvalue weighted by atomic mass is 127. The summed E-state index contributed by atoms with van der Waals surface area (Å²) in [5.41, 5.74) is 0.462. The van der Waals surface area contributed by atoms with Gasteiger partial charge < -0.3 is 15.5 Å². The molecule has 6 heteroatoms. The van der Waals surface area contributed by atoms with E-state index in [1.54, 1.807) is 0 Å². The summed E-state index contributed by atoms with van der Waals surface area (Å²) in [5, 5.41) is 7.00. The number of nitrogens with one attached hydrogen (secondary N) is 2. The average molecular weight is 451 g/mol. The molecule has 0 aromatic carbocycles. The Bertz CT molecular complexity index is 382. The molecule has 1 atom stereocenters. The first-order valence-corrected chi connectivity index (χ1v) is 9.49. The number of hydrogen-bond acceptors (Lipinski definition) is 3. The number of nitrogens with zero attached hydrogens (tertiary/aromatic N) is 3. The highest BCUT2D eigenvalue weighted by Crippen LogP contribution is 2.41. The van der Waals surface area contributed by atoms with E-state index in [0.717, 1.165) is 38.7 Å². The SMILES string of the molecule is CCNC(=NCC1(CC)CCCC1)NCC1CN(C)CCN1C.I. The maximum atomic E-state index is 4.93. The molecule has 1 saturated heterocycles. The van der Waals surface area contributed by atoms with Gasteiger partial charge in [0, 0.05) is 45.3 Å². The van der Waals surface area contributed by atoms with Crippen molar-refractivity contribution in [2.45, 2.75) is 52.0 Å². The minimum absolute atomic E-state index is 0. The highest BCUT2D eigenvalue weighted by Gasteiger charge is 2.31. The maximum absolute atomic E-state index is 4.93. The van der Waals surface area contributed by atoms with E-state index in [4.69, 9.17) is 4.99 Å². The summed E-state index contributed by atoms with van der Waals surface area (Å²) in [4.78, 5) is 9.81. The van der Waals surface area contributed by atoms with E-state index < -0.39 is 0 Å². The molecule has 0 aromatic rings. The molecule has 2 aliphatic rings. The summed E-state index contributed by atoms with van der Waals surface area (Å²) in [5.74, 6) is 0.994. The fraction of sp³-hybridized carbons (Fsp3) is 0.944. The zero-order valence-corrected chi connectivity index (χ0v) is 18.4. The van der Waals surface area contributed by atoms with Crippen molar-refractivity contribution in [2.75, 3.05) is 53.4 Å². The lowest BCUT2D eigenvalue weighted by Crippen LogP contribution is -2.55. The summed E-state index contributed by atoms with van der Waals surface area (Å²) >= 11 is 0. The Morgan fingerprint density at radius 3 is 2.46 bits per heavy atom. The van der Waals surface area contributed by atoms with Crippen molar-refractivity contribution in [3.8, 4) is 0 Å². The van der Waals surface area contributed by atoms with Crippen LogP contribution in [0.4, 0.5) is 0 Å². The molecule has 24 heavy (non-hydrogen) atoms. The third kappa shape index (κ3) is 6.33. The van der Waals surface area contributed by atoms with Gasteiger partial charge in [0.15, 0.2) is 5.96 Å². The first kappa shape index (κ1) is 22.0. The molecule has 0 aromatic heterocycles. The molecule has 2 fully saturated rings. The van der Waals surface area contributed by atoms with Crippen LogP contribution in [0.5, 0.6) is 0 Å². The van der Waals surface area contributed by atoms with E-state index in [1.807, 2.05) is 0 Å². The number of likely N-dealkylation sites (N-methyl/N-ethyl adjacent to an activating group) is 2. The van der Waals surface area contributed by atoms with Gasteiger partial charge in [-0.15, -0.1) is 24.0 Å². The van der Waals surface area contributed by atoms with Crippen LogP contribution in [0, 0.1) is 5.41 Å². The second-order valence-electron chi connectivity index (χ2n) is 7.53. The van der Waals surface area contributed by atoms with Crippen LogP contribution in [-0.2, 0) is 0 Å². The number of aliphatic imine (C=N–C) groups is 1. The lowest BCUT2D eigenvalue weighted by atomic mass is 9.84. The van der Waals surface area contributed by atoms with Gasteiger partial charge in [-0.25, -0.2) is 0 Å². The van der Waals surface area contributed by atoms with Crippen molar-refractivity contribution in [1.29, 1.82) is 0 Å². The molecular formula is C18H38IN5. The Balaban J connectivity index is 0.00000288. The van der Waals surface area contributed by atoms with Crippen LogP contribution in [0.15, 0.2) is 4.99 Å². The molecule has 2 rings (SSSR count). The van der Waals surface area contributed by atoms with Crippen molar-refractivity contribution in [2.24, 2.45) is 10.4 Å². The Kier molecular flexibility index (Phi) is 9.89. The largest absolute Gasteiger partial charge is 0.357 e. The third-order valence-electron chi connectivity index (χ3n) is 5.82. The summed E-state index contributed by atoms with van der Waals surface area (Å²) in [7, 11) is 4.44. The smallest absolute Gasteiger partial charge is 0.191 e. The second-order valence-corrected chi connectivity index (χ2v) is 7.53. The van der Waals surface area contributed by atoms with Crippen LogP contribution in [-0.4, -0.2) is 75.2 Å². The normalized spacial score (nSPS) is 25.3. The molecule has 0 spiro atoms. The highest BCUT2D eigenvalue weighted by molar-refractivity contribution is 14.0. The van der Waals surface area contributed by atoms with E-state index in [-0.39, 0.29) is 24.0 Å². The van der Waals surface area contributed by atoms with E-state index >= 15 is 0 Å². The second kappa shape index (κ2) is 10.8.